The summed E-state index contributed by atoms with van der Waals surface area (Å²) in [6.45, 7) is 0. The number of allylic oxidation sites excluding steroid dienone is 4. The molecule has 202 valence electrons. The molecule has 1 atom stereocenters. The second-order valence-corrected chi connectivity index (χ2v) is 11.5. The summed E-state index contributed by atoms with van der Waals surface area (Å²) in [6, 6.07) is 45.1. The normalized spacial score (nSPS) is 17.5. The van der Waals surface area contributed by atoms with Crippen LogP contribution in [0.15, 0.2) is 145 Å². The first-order valence-corrected chi connectivity index (χ1v) is 14.9. The molecule has 1 spiro atoms. The lowest BCUT2D eigenvalue weighted by molar-refractivity contribution is 0.782. The molecule has 1 unspecified atom stereocenters. The van der Waals surface area contributed by atoms with E-state index < -0.39 is 0 Å². The average Bonchev–Trinajstić information content (AvgIpc) is 3.56. The van der Waals surface area contributed by atoms with Gasteiger partial charge in [-0.05, 0) is 63.4 Å². The molecule has 9 rings (SSSR count). The van der Waals surface area contributed by atoms with E-state index in [1.165, 1.54) is 44.5 Å². The lowest BCUT2D eigenvalue weighted by Crippen LogP contribution is -2.26. The van der Waals surface area contributed by atoms with Crippen LogP contribution in [0.5, 0.6) is 0 Å². The molecule has 6 aromatic rings. The Labute approximate surface area is 251 Å². The van der Waals surface area contributed by atoms with Gasteiger partial charge in [0, 0.05) is 16.7 Å². The summed E-state index contributed by atoms with van der Waals surface area (Å²) in [5.41, 5.74) is 13.3. The Bertz CT molecular complexity index is 2070. The molecule has 3 nitrogen and oxygen atoms in total. The van der Waals surface area contributed by atoms with E-state index in [0.29, 0.717) is 17.5 Å². The highest BCUT2D eigenvalue weighted by Crippen LogP contribution is 2.64. The third-order valence-electron chi connectivity index (χ3n) is 9.18. The fourth-order valence-corrected chi connectivity index (χ4v) is 7.41. The lowest BCUT2D eigenvalue weighted by atomic mass is 9.69. The van der Waals surface area contributed by atoms with Crippen molar-refractivity contribution >= 4 is 5.57 Å². The first-order valence-electron chi connectivity index (χ1n) is 14.9. The van der Waals surface area contributed by atoms with Gasteiger partial charge in [0.1, 0.15) is 0 Å². The molecule has 5 aromatic carbocycles. The first-order chi connectivity index (χ1) is 21.3. The highest BCUT2D eigenvalue weighted by atomic mass is 15.0. The van der Waals surface area contributed by atoms with E-state index in [2.05, 4.69) is 103 Å². The van der Waals surface area contributed by atoms with Gasteiger partial charge in [-0.25, -0.2) is 15.0 Å². The van der Waals surface area contributed by atoms with Crippen molar-refractivity contribution in [3.63, 3.8) is 0 Å². The molecule has 0 bridgehead atoms. The zero-order valence-corrected chi connectivity index (χ0v) is 23.5. The number of nitrogens with zero attached hydrogens (tertiary/aromatic N) is 3. The Hall–Kier alpha value is -5.41. The van der Waals surface area contributed by atoms with Gasteiger partial charge < -0.3 is 0 Å². The van der Waals surface area contributed by atoms with Gasteiger partial charge in [-0.1, -0.05) is 133 Å². The third-order valence-corrected chi connectivity index (χ3v) is 9.18. The summed E-state index contributed by atoms with van der Waals surface area (Å²) >= 11 is 0. The van der Waals surface area contributed by atoms with Gasteiger partial charge in [-0.15, -0.1) is 0 Å². The summed E-state index contributed by atoms with van der Waals surface area (Å²) in [6.07, 6.45) is 7.06. The fraction of sp³-hybridized carbons (Fsp3) is 0.0750. The Balaban J connectivity index is 1.31. The average molecular weight is 550 g/mol. The van der Waals surface area contributed by atoms with Crippen molar-refractivity contribution in [2.75, 3.05) is 0 Å². The van der Waals surface area contributed by atoms with E-state index in [1.807, 2.05) is 36.4 Å². The Morgan fingerprint density at radius 3 is 1.60 bits per heavy atom. The smallest absolute Gasteiger partial charge is 0.164 e. The molecule has 43 heavy (non-hydrogen) atoms. The van der Waals surface area contributed by atoms with E-state index in [-0.39, 0.29) is 5.41 Å². The van der Waals surface area contributed by atoms with Crippen LogP contribution in [-0.2, 0) is 5.41 Å². The molecule has 0 radical (unpaired) electrons. The molecule has 3 aliphatic rings. The number of benzene rings is 5. The second-order valence-electron chi connectivity index (χ2n) is 11.5. The topological polar surface area (TPSA) is 38.7 Å². The third kappa shape index (κ3) is 3.45. The fourth-order valence-electron chi connectivity index (χ4n) is 7.41. The van der Waals surface area contributed by atoms with Crippen molar-refractivity contribution in [2.24, 2.45) is 0 Å². The van der Waals surface area contributed by atoms with Crippen molar-refractivity contribution in [3.8, 4) is 45.3 Å². The molecular weight excluding hydrogens is 522 g/mol. The standard InChI is InChI=1S/C40H27N3/c1-3-13-26(14-4-1)37-41-38(27-15-5-2-6-16-27)43-39(42-37)28-23-24-32-31-19-9-12-22-35(31)40(36(32)25-28)33-20-10-7-17-29(33)30-18-8-11-21-34(30)40/h1-7,9-10,12-25H,8,11H2. The highest BCUT2D eigenvalue weighted by molar-refractivity contribution is 6.00. The second kappa shape index (κ2) is 9.30. The number of aromatic nitrogens is 3. The summed E-state index contributed by atoms with van der Waals surface area (Å²) in [4.78, 5) is 15.1. The first kappa shape index (κ1) is 24.2. The zero-order valence-electron chi connectivity index (χ0n) is 23.5. The Morgan fingerprint density at radius 1 is 0.419 bits per heavy atom. The number of hydrogen-bond donors (Lipinski definition) is 0. The minimum Gasteiger partial charge on any atom is -0.208 e. The van der Waals surface area contributed by atoms with Crippen LogP contribution in [0.25, 0.3) is 50.9 Å². The number of rotatable bonds is 3. The van der Waals surface area contributed by atoms with Crippen LogP contribution < -0.4 is 0 Å². The molecule has 3 aliphatic carbocycles. The minimum atomic E-state index is -0.359. The van der Waals surface area contributed by atoms with Gasteiger partial charge >= 0.3 is 0 Å². The number of hydrogen-bond acceptors (Lipinski definition) is 3. The van der Waals surface area contributed by atoms with Gasteiger partial charge in [-0.2, -0.15) is 0 Å². The van der Waals surface area contributed by atoms with Gasteiger partial charge in [0.25, 0.3) is 0 Å². The molecule has 0 amide bonds. The Kier molecular flexibility index (Phi) is 5.24. The van der Waals surface area contributed by atoms with Crippen molar-refractivity contribution in [2.45, 2.75) is 18.3 Å². The van der Waals surface area contributed by atoms with Gasteiger partial charge in [-0.3, -0.25) is 0 Å². The summed E-state index contributed by atoms with van der Waals surface area (Å²) in [5, 5.41) is 0. The zero-order chi connectivity index (χ0) is 28.4. The van der Waals surface area contributed by atoms with Crippen molar-refractivity contribution in [1.82, 2.24) is 15.0 Å². The quantitative estimate of drug-likeness (QED) is 0.221. The molecular formula is C40H27N3. The van der Waals surface area contributed by atoms with Crippen molar-refractivity contribution < 1.29 is 0 Å². The molecule has 0 N–H and O–H groups in total. The Morgan fingerprint density at radius 2 is 0.930 bits per heavy atom. The monoisotopic (exact) mass is 549 g/mol. The van der Waals surface area contributed by atoms with Crippen LogP contribution in [0, 0.1) is 0 Å². The number of fused-ring (bicyclic) bond motifs is 10. The molecule has 1 heterocycles. The summed E-state index contributed by atoms with van der Waals surface area (Å²) in [5.74, 6) is 2.03. The highest BCUT2D eigenvalue weighted by Gasteiger charge is 2.53. The minimum absolute atomic E-state index is 0.359. The van der Waals surface area contributed by atoms with E-state index in [4.69, 9.17) is 15.0 Å². The predicted octanol–water partition coefficient (Wildman–Crippen LogP) is 9.30. The van der Waals surface area contributed by atoms with E-state index >= 15 is 0 Å². The SMILES string of the molecule is C1=C2C(=CCC1)C1(c3ccccc32)c2ccccc2-c2ccc(-c3nc(-c4ccccc4)nc(-c4ccccc4)n3)cc21. The maximum Gasteiger partial charge on any atom is 0.164 e. The maximum absolute atomic E-state index is 5.07. The largest absolute Gasteiger partial charge is 0.208 e. The van der Waals surface area contributed by atoms with Crippen LogP contribution in [0.2, 0.25) is 0 Å². The van der Waals surface area contributed by atoms with Crippen LogP contribution in [0.4, 0.5) is 0 Å². The van der Waals surface area contributed by atoms with E-state index in [1.54, 1.807) is 0 Å². The van der Waals surface area contributed by atoms with Crippen LogP contribution >= 0.6 is 0 Å². The van der Waals surface area contributed by atoms with Crippen molar-refractivity contribution in [1.29, 1.82) is 0 Å². The summed E-state index contributed by atoms with van der Waals surface area (Å²) < 4.78 is 0. The van der Waals surface area contributed by atoms with Gasteiger partial charge in [0.2, 0.25) is 0 Å². The maximum atomic E-state index is 5.07. The van der Waals surface area contributed by atoms with Crippen molar-refractivity contribution in [3.05, 3.63) is 167 Å². The van der Waals surface area contributed by atoms with Gasteiger partial charge in [0.05, 0.1) is 5.41 Å². The van der Waals surface area contributed by atoms with E-state index in [9.17, 15) is 0 Å². The molecule has 0 saturated heterocycles. The predicted molar refractivity (Wildman–Crippen MR) is 173 cm³/mol. The molecule has 1 aromatic heterocycles. The molecule has 0 aliphatic heterocycles. The van der Waals surface area contributed by atoms with Crippen LogP contribution in [0.1, 0.15) is 35.1 Å². The molecule has 3 heteroatoms. The molecule has 0 fully saturated rings. The van der Waals surface area contributed by atoms with Crippen LogP contribution in [0.3, 0.4) is 0 Å². The van der Waals surface area contributed by atoms with Crippen LogP contribution in [-0.4, -0.2) is 15.0 Å². The summed E-state index contributed by atoms with van der Waals surface area (Å²) in [7, 11) is 0. The molecule has 0 saturated carbocycles. The lowest BCUT2D eigenvalue weighted by Gasteiger charge is -2.32. The van der Waals surface area contributed by atoms with Gasteiger partial charge in [0.15, 0.2) is 17.5 Å². The van der Waals surface area contributed by atoms with E-state index in [0.717, 1.165) is 29.5 Å².